The van der Waals surface area contributed by atoms with Crippen molar-refractivity contribution in [1.82, 2.24) is 10.3 Å². The highest BCUT2D eigenvalue weighted by Crippen LogP contribution is 2.31. The SMILES string of the molecule is COC(=O)c1ccc([C@H]2N=c3ccccc3=C3C(=O)NC(SCc4ccccc4Cl)=NN32)cc1. The van der Waals surface area contributed by atoms with E-state index in [0.717, 1.165) is 11.1 Å². The van der Waals surface area contributed by atoms with E-state index in [-0.39, 0.29) is 5.91 Å². The smallest absolute Gasteiger partial charge is 0.337 e. The lowest BCUT2D eigenvalue weighted by atomic mass is 10.1. The molecule has 0 saturated carbocycles. The van der Waals surface area contributed by atoms with Crippen LogP contribution in [0.25, 0.3) is 5.70 Å². The summed E-state index contributed by atoms with van der Waals surface area (Å²) in [7, 11) is 1.34. The van der Waals surface area contributed by atoms with Crippen molar-refractivity contribution >= 4 is 46.1 Å². The number of esters is 1. The van der Waals surface area contributed by atoms with Crippen LogP contribution in [0.3, 0.4) is 0 Å². The lowest BCUT2D eigenvalue weighted by Crippen LogP contribution is -2.50. The molecule has 2 heterocycles. The summed E-state index contributed by atoms with van der Waals surface area (Å²) in [5.74, 6) is -0.123. The van der Waals surface area contributed by atoms with E-state index in [1.54, 1.807) is 29.3 Å². The molecule has 3 aromatic carbocycles. The Balaban J connectivity index is 1.54. The third-order valence-corrected chi connectivity index (χ3v) is 6.75. The topological polar surface area (TPSA) is 83.4 Å². The Labute approximate surface area is 204 Å². The molecule has 2 aliphatic rings. The van der Waals surface area contributed by atoms with Gasteiger partial charge in [0, 0.05) is 16.0 Å². The molecule has 7 nitrogen and oxygen atoms in total. The van der Waals surface area contributed by atoms with Gasteiger partial charge < -0.3 is 4.74 Å². The zero-order chi connectivity index (χ0) is 23.7. The summed E-state index contributed by atoms with van der Waals surface area (Å²) in [6.45, 7) is 0. The highest BCUT2D eigenvalue weighted by Gasteiger charge is 2.34. The van der Waals surface area contributed by atoms with Gasteiger partial charge >= 0.3 is 5.97 Å². The number of amides is 1. The van der Waals surface area contributed by atoms with Gasteiger partial charge in [0.2, 0.25) is 0 Å². The van der Waals surface area contributed by atoms with Gasteiger partial charge in [-0.15, -0.1) is 5.10 Å². The van der Waals surface area contributed by atoms with Gasteiger partial charge in [0.1, 0.15) is 5.70 Å². The lowest BCUT2D eigenvalue weighted by Gasteiger charge is -2.34. The quantitative estimate of drug-likeness (QED) is 0.568. The average Bonchev–Trinajstić information content (AvgIpc) is 2.87. The van der Waals surface area contributed by atoms with Crippen LogP contribution < -0.4 is 15.9 Å². The second-order valence-corrected chi connectivity index (χ2v) is 8.94. The van der Waals surface area contributed by atoms with E-state index in [2.05, 4.69) is 5.32 Å². The maximum Gasteiger partial charge on any atom is 0.337 e. The predicted octanol–water partition coefficient (Wildman–Crippen LogP) is 3.20. The molecule has 0 radical (unpaired) electrons. The fourth-order valence-corrected chi connectivity index (χ4v) is 4.92. The van der Waals surface area contributed by atoms with Crippen LogP contribution in [0, 0.1) is 0 Å². The van der Waals surface area contributed by atoms with Crippen molar-refractivity contribution in [2.24, 2.45) is 10.1 Å². The molecule has 0 unspecified atom stereocenters. The third kappa shape index (κ3) is 4.18. The molecule has 0 spiro atoms. The van der Waals surface area contributed by atoms with Crippen molar-refractivity contribution in [2.75, 3.05) is 7.11 Å². The fourth-order valence-electron chi connectivity index (χ4n) is 3.78. The van der Waals surface area contributed by atoms with Crippen molar-refractivity contribution in [3.05, 3.63) is 105 Å². The number of para-hydroxylation sites is 1. The molecule has 1 amide bonds. The molecule has 170 valence electrons. The number of rotatable bonds is 4. The van der Waals surface area contributed by atoms with Crippen LogP contribution in [0.4, 0.5) is 0 Å². The third-order valence-electron chi connectivity index (χ3n) is 5.47. The van der Waals surface area contributed by atoms with Gasteiger partial charge in [-0.3, -0.25) is 15.1 Å². The van der Waals surface area contributed by atoms with Crippen molar-refractivity contribution in [3.63, 3.8) is 0 Å². The van der Waals surface area contributed by atoms with Crippen LogP contribution in [-0.2, 0) is 15.3 Å². The van der Waals surface area contributed by atoms with Crippen LogP contribution in [0.15, 0.2) is 82.9 Å². The standard InChI is InChI=1S/C25H19ClN4O3S/c1-33-24(32)16-12-10-15(11-13-16)22-27-20-9-5-3-7-18(20)21-23(31)28-25(29-30(21)22)34-14-17-6-2-4-8-19(17)26/h2-13,22H,14H2,1H3,(H,28,29,31)/t22-/m0/s1. The van der Waals surface area contributed by atoms with Crippen LogP contribution in [0.2, 0.25) is 5.02 Å². The van der Waals surface area contributed by atoms with Gasteiger partial charge in [0.15, 0.2) is 11.3 Å². The van der Waals surface area contributed by atoms with Crippen molar-refractivity contribution in [3.8, 4) is 0 Å². The van der Waals surface area contributed by atoms with Gasteiger partial charge in [-0.2, -0.15) is 0 Å². The molecule has 0 aromatic heterocycles. The van der Waals surface area contributed by atoms with Crippen molar-refractivity contribution in [1.29, 1.82) is 0 Å². The minimum Gasteiger partial charge on any atom is -0.465 e. The molecule has 1 N–H and O–H groups in total. The van der Waals surface area contributed by atoms with Gasteiger partial charge in [-0.1, -0.05) is 71.9 Å². The number of amidine groups is 1. The Bertz CT molecular complexity index is 1440. The van der Waals surface area contributed by atoms with Gasteiger partial charge in [0.05, 0.1) is 18.0 Å². The molecule has 0 aliphatic carbocycles. The molecular weight excluding hydrogens is 472 g/mol. The zero-order valence-electron chi connectivity index (χ0n) is 18.1. The minimum atomic E-state index is -0.571. The highest BCUT2D eigenvalue weighted by atomic mass is 35.5. The van der Waals surface area contributed by atoms with Gasteiger partial charge in [-0.25, -0.2) is 9.80 Å². The van der Waals surface area contributed by atoms with Crippen LogP contribution in [0.5, 0.6) is 0 Å². The number of thioether (sulfide) groups is 1. The van der Waals surface area contributed by atoms with E-state index in [1.807, 2.05) is 48.5 Å². The number of halogens is 1. The second kappa shape index (κ2) is 9.32. The molecule has 0 fully saturated rings. The monoisotopic (exact) mass is 490 g/mol. The zero-order valence-corrected chi connectivity index (χ0v) is 19.6. The van der Waals surface area contributed by atoms with Crippen molar-refractivity contribution < 1.29 is 14.3 Å². The fraction of sp³-hybridized carbons (Fsp3) is 0.120. The summed E-state index contributed by atoms with van der Waals surface area (Å²) in [5.41, 5.74) is 2.59. The highest BCUT2D eigenvalue weighted by molar-refractivity contribution is 8.13. The first kappa shape index (κ1) is 22.2. The number of hydrogen-bond donors (Lipinski definition) is 1. The van der Waals surface area contributed by atoms with E-state index >= 15 is 0 Å². The van der Waals surface area contributed by atoms with Crippen molar-refractivity contribution in [2.45, 2.75) is 11.9 Å². The maximum absolute atomic E-state index is 13.2. The number of hydrazone groups is 1. The van der Waals surface area contributed by atoms with Crippen LogP contribution in [0.1, 0.15) is 27.7 Å². The van der Waals surface area contributed by atoms with Gasteiger partial charge in [0.25, 0.3) is 5.91 Å². The summed E-state index contributed by atoms with van der Waals surface area (Å²) in [6.07, 6.45) is -0.571. The lowest BCUT2D eigenvalue weighted by molar-refractivity contribution is -0.116. The number of methoxy groups -OCH3 is 1. The average molecular weight is 491 g/mol. The number of ether oxygens (including phenoxy) is 1. The predicted molar refractivity (Wildman–Crippen MR) is 131 cm³/mol. The minimum absolute atomic E-state index is 0.254. The summed E-state index contributed by atoms with van der Waals surface area (Å²) in [6, 6.07) is 22.0. The Hall–Kier alpha value is -3.62. The Morgan fingerprint density at radius 3 is 2.59 bits per heavy atom. The Kier molecular flexibility index (Phi) is 6.08. The Morgan fingerprint density at radius 1 is 1.09 bits per heavy atom. The number of carbonyl (C=O) groups excluding carboxylic acids is 2. The molecule has 2 aliphatic heterocycles. The summed E-state index contributed by atoms with van der Waals surface area (Å²) in [5, 5.41) is 11.8. The number of benzene rings is 3. The summed E-state index contributed by atoms with van der Waals surface area (Å²) in [4.78, 5) is 29.9. The molecule has 0 saturated heterocycles. The van der Waals surface area contributed by atoms with E-state index in [4.69, 9.17) is 26.4 Å². The van der Waals surface area contributed by atoms with E-state index in [1.165, 1.54) is 18.9 Å². The second-order valence-electron chi connectivity index (χ2n) is 7.57. The molecule has 34 heavy (non-hydrogen) atoms. The summed E-state index contributed by atoms with van der Waals surface area (Å²) >= 11 is 7.67. The molecule has 0 bridgehead atoms. The first-order chi connectivity index (χ1) is 16.5. The molecule has 3 aromatic rings. The normalized spacial score (nSPS) is 16.6. The van der Waals surface area contributed by atoms with E-state index < -0.39 is 12.1 Å². The van der Waals surface area contributed by atoms with E-state index in [0.29, 0.717) is 37.8 Å². The maximum atomic E-state index is 13.2. The van der Waals surface area contributed by atoms with Crippen LogP contribution >= 0.6 is 23.4 Å². The first-order valence-corrected chi connectivity index (χ1v) is 11.8. The summed E-state index contributed by atoms with van der Waals surface area (Å²) < 4.78 is 4.79. The van der Waals surface area contributed by atoms with Gasteiger partial charge in [-0.05, 0) is 35.4 Å². The number of fused-ring (bicyclic) bond motifs is 2. The number of carbonyl (C=O) groups is 2. The largest absolute Gasteiger partial charge is 0.465 e. The Morgan fingerprint density at radius 2 is 1.82 bits per heavy atom. The molecule has 9 heteroatoms. The molecule has 5 rings (SSSR count). The number of nitrogens with one attached hydrogen (secondary N) is 1. The number of hydrogen-bond acceptors (Lipinski definition) is 7. The number of nitrogens with zero attached hydrogens (tertiary/aromatic N) is 3. The van der Waals surface area contributed by atoms with Crippen LogP contribution in [-0.4, -0.2) is 29.2 Å². The van der Waals surface area contributed by atoms with E-state index in [9.17, 15) is 9.59 Å². The first-order valence-electron chi connectivity index (χ1n) is 10.5. The molecule has 1 atom stereocenters. The molecular formula is C25H19ClN4O3S.